The molecule has 0 heterocycles. The monoisotopic (exact) mass is 240 g/mol. The fourth-order valence-corrected chi connectivity index (χ4v) is 2.58. The van der Waals surface area contributed by atoms with E-state index in [4.69, 9.17) is 4.52 Å². The molecule has 0 bridgehead atoms. The van der Waals surface area contributed by atoms with Crippen molar-refractivity contribution >= 4 is 8.03 Å². The van der Waals surface area contributed by atoms with Crippen molar-refractivity contribution in [1.29, 1.82) is 0 Å². The molecule has 1 atom stereocenters. The number of unbranched alkanes of at least 4 members (excludes halogenated alkanes) is 4. The third-order valence-electron chi connectivity index (χ3n) is 2.46. The van der Waals surface area contributed by atoms with Gasteiger partial charge in [0.1, 0.15) is 5.75 Å². The fourth-order valence-electron chi connectivity index (χ4n) is 1.54. The summed E-state index contributed by atoms with van der Waals surface area (Å²) in [6, 6.07) is 9.41. The molecule has 0 N–H and O–H groups in total. The summed E-state index contributed by atoms with van der Waals surface area (Å²) in [6.45, 7) is 2.20. The topological polar surface area (TPSA) is 26.3 Å². The first-order chi connectivity index (χ1) is 7.83. The first-order valence-electron chi connectivity index (χ1n) is 6.08. The Kier molecular flexibility index (Phi) is 7.00. The Labute approximate surface area is 98.9 Å². The lowest BCUT2D eigenvalue weighted by Crippen LogP contribution is -1.87. The Morgan fingerprint density at radius 2 is 1.75 bits per heavy atom. The van der Waals surface area contributed by atoms with Gasteiger partial charge in [-0.2, -0.15) is 0 Å². The summed E-state index contributed by atoms with van der Waals surface area (Å²) in [4.78, 5) is 0. The predicted molar refractivity (Wildman–Crippen MR) is 69.7 cm³/mol. The van der Waals surface area contributed by atoms with E-state index in [9.17, 15) is 4.57 Å². The van der Waals surface area contributed by atoms with Crippen LogP contribution in [0.3, 0.4) is 0 Å². The highest BCUT2D eigenvalue weighted by atomic mass is 31.1. The predicted octanol–water partition coefficient (Wildman–Crippen LogP) is 4.51. The maximum absolute atomic E-state index is 11.6. The van der Waals surface area contributed by atoms with Crippen LogP contribution in [0.25, 0.3) is 0 Å². The van der Waals surface area contributed by atoms with Crippen LogP contribution in [0.1, 0.15) is 39.0 Å². The van der Waals surface area contributed by atoms with Crippen LogP contribution in [-0.4, -0.2) is 6.16 Å². The van der Waals surface area contributed by atoms with Crippen molar-refractivity contribution in [2.24, 2.45) is 0 Å². The molecule has 1 aromatic carbocycles. The summed E-state index contributed by atoms with van der Waals surface area (Å²) >= 11 is 0. The number of hydrogen-bond acceptors (Lipinski definition) is 2. The van der Waals surface area contributed by atoms with E-state index in [1.807, 2.05) is 30.3 Å². The number of benzene rings is 1. The van der Waals surface area contributed by atoms with E-state index >= 15 is 0 Å². The highest BCUT2D eigenvalue weighted by molar-refractivity contribution is 7.39. The molecule has 0 spiro atoms. The Balaban J connectivity index is 2.12. The largest absolute Gasteiger partial charge is 0.445 e. The van der Waals surface area contributed by atoms with Gasteiger partial charge in [0.2, 0.25) is 8.03 Å². The summed E-state index contributed by atoms with van der Waals surface area (Å²) < 4.78 is 17.0. The summed E-state index contributed by atoms with van der Waals surface area (Å²) in [7, 11) is -1.88. The highest BCUT2D eigenvalue weighted by Gasteiger charge is 2.00. The molecular weight excluding hydrogens is 219 g/mol. The lowest BCUT2D eigenvalue weighted by molar-refractivity contribution is 0.501. The van der Waals surface area contributed by atoms with Crippen molar-refractivity contribution in [3.8, 4) is 5.75 Å². The SMILES string of the molecule is CCCCCCC[PH](=O)Oc1ccccc1. The summed E-state index contributed by atoms with van der Waals surface area (Å²) in [5.74, 6) is 0.722. The minimum Gasteiger partial charge on any atom is -0.445 e. The fraction of sp³-hybridized carbons (Fsp3) is 0.538. The standard InChI is InChI=1S/C13H21O2P/c1-2-3-4-5-9-12-16(14)15-13-10-7-6-8-11-13/h6-8,10-11,16H,2-5,9,12H2,1H3. The zero-order chi connectivity index (χ0) is 11.6. The first kappa shape index (κ1) is 13.3. The molecule has 2 nitrogen and oxygen atoms in total. The zero-order valence-electron chi connectivity index (χ0n) is 9.95. The smallest absolute Gasteiger partial charge is 0.236 e. The highest BCUT2D eigenvalue weighted by Crippen LogP contribution is 2.27. The van der Waals surface area contributed by atoms with E-state index in [1.165, 1.54) is 25.7 Å². The van der Waals surface area contributed by atoms with Crippen molar-refractivity contribution in [2.45, 2.75) is 39.0 Å². The third-order valence-corrected chi connectivity index (χ3v) is 3.68. The van der Waals surface area contributed by atoms with Gasteiger partial charge in [0.25, 0.3) is 0 Å². The molecule has 1 aromatic rings. The Morgan fingerprint density at radius 1 is 1.06 bits per heavy atom. The quantitative estimate of drug-likeness (QED) is 0.493. The van der Waals surface area contributed by atoms with Crippen LogP contribution in [0.2, 0.25) is 0 Å². The maximum atomic E-state index is 11.6. The second-order valence-electron chi connectivity index (χ2n) is 3.95. The molecule has 3 heteroatoms. The van der Waals surface area contributed by atoms with E-state index in [-0.39, 0.29) is 0 Å². The van der Waals surface area contributed by atoms with Crippen molar-refractivity contribution in [1.82, 2.24) is 0 Å². The van der Waals surface area contributed by atoms with Gasteiger partial charge in [-0.1, -0.05) is 50.8 Å². The summed E-state index contributed by atoms with van der Waals surface area (Å²) in [5, 5.41) is 0. The molecule has 1 unspecified atom stereocenters. The van der Waals surface area contributed by atoms with Gasteiger partial charge >= 0.3 is 0 Å². The Hall–Kier alpha value is -0.750. The van der Waals surface area contributed by atoms with E-state index in [0.717, 1.165) is 12.2 Å². The molecule has 0 fully saturated rings. The lowest BCUT2D eigenvalue weighted by atomic mass is 10.2. The van der Waals surface area contributed by atoms with Crippen molar-refractivity contribution in [3.05, 3.63) is 30.3 Å². The van der Waals surface area contributed by atoms with E-state index < -0.39 is 8.03 Å². The maximum Gasteiger partial charge on any atom is 0.236 e. The molecular formula is C13H21O2P. The molecule has 90 valence electrons. The second-order valence-corrected chi connectivity index (χ2v) is 5.40. The van der Waals surface area contributed by atoms with Gasteiger partial charge in [-0.3, -0.25) is 4.57 Å². The second kappa shape index (κ2) is 8.41. The molecule has 0 radical (unpaired) electrons. The van der Waals surface area contributed by atoms with E-state index in [1.54, 1.807) is 0 Å². The van der Waals surface area contributed by atoms with E-state index in [2.05, 4.69) is 6.92 Å². The Morgan fingerprint density at radius 3 is 2.44 bits per heavy atom. The van der Waals surface area contributed by atoms with Gasteiger partial charge in [0.05, 0.1) is 0 Å². The molecule has 0 aliphatic rings. The minimum atomic E-state index is -1.88. The van der Waals surface area contributed by atoms with Crippen molar-refractivity contribution < 1.29 is 9.09 Å². The minimum absolute atomic E-state index is 0.712. The zero-order valence-corrected chi connectivity index (χ0v) is 10.9. The molecule has 0 saturated heterocycles. The van der Waals surface area contributed by atoms with Gasteiger partial charge in [0.15, 0.2) is 0 Å². The van der Waals surface area contributed by atoms with Crippen LogP contribution in [0.15, 0.2) is 30.3 Å². The van der Waals surface area contributed by atoms with Gasteiger partial charge in [0, 0.05) is 6.16 Å². The van der Waals surface area contributed by atoms with Crippen LogP contribution < -0.4 is 4.52 Å². The van der Waals surface area contributed by atoms with Gasteiger partial charge in [-0.25, -0.2) is 0 Å². The summed E-state index contributed by atoms with van der Waals surface area (Å²) in [6.07, 6.45) is 6.67. The van der Waals surface area contributed by atoms with E-state index in [0.29, 0.717) is 6.16 Å². The molecule has 0 amide bonds. The van der Waals surface area contributed by atoms with Crippen LogP contribution in [0, 0.1) is 0 Å². The van der Waals surface area contributed by atoms with Gasteiger partial charge < -0.3 is 4.52 Å². The summed E-state index contributed by atoms with van der Waals surface area (Å²) in [5.41, 5.74) is 0. The number of rotatable bonds is 8. The first-order valence-corrected chi connectivity index (χ1v) is 7.61. The molecule has 16 heavy (non-hydrogen) atoms. The molecule has 0 aromatic heterocycles. The van der Waals surface area contributed by atoms with Gasteiger partial charge in [-0.05, 0) is 18.6 Å². The molecule has 0 aliphatic carbocycles. The van der Waals surface area contributed by atoms with Crippen molar-refractivity contribution in [2.75, 3.05) is 6.16 Å². The number of hydrogen-bond donors (Lipinski definition) is 0. The third kappa shape index (κ3) is 5.97. The van der Waals surface area contributed by atoms with Gasteiger partial charge in [-0.15, -0.1) is 0 Å². The van der Waals surface area contributed by atoms with Crippen LogP contribution in [0.4, 0.5) is 0 Å². The Bertz CT molecular complexity index is 298. The van der Waals surface area contributed by atoms with Crippen LogP contribution in [-0.2, 0) is 4.57 Å². The average molecular weight is 240 g/mol. The molecule has 0 aliphatic heterocycles. The van der Waals surface area contributed by atoms with Crippen molar-refractivity contribution in [3.63, 3.8) is 0 Å². The average Bonchev–Trinajstić information content (AvgIpc) is 2.30. The molecule has 0 saturated carbocycles. The van der Waals surface area contributed by atoms with Crippen LogP contribution in [0.5, 0.6) is 5.75 Å². The molecule has 1 rings (SSSR count). The number of para-hydroxylation sites is 1. The lowest BCUT2D eigenvalue weighted by Gasteiger charge is -2.05. The van der Waals surface area contributed by atoms with Crippen LogP contribution >= 0.6 is 8.03 Å². The normalized spacial score (nSPS) is 12.3.